The number of primary amides is 9. The number of nitrogens with one attached hydrogen (secondary N) is 5. The SMILES string of the molecule is CC(C)C(N)C(N)=O.CC(C)CC(N)C(N)=O.CNCC(CCC(N)C(N)=O)OC.CNCCCCC(N)C(N)=O.COC1CNC(C(N)=O)C1.CSCCC(N)C(N)=O.NC(=O)C(N)Cc1ccccc1.NC(=O)C(N)Cc1cnc[nH]1.NC(=O)C1CCCN1. The molecule has 2 fully saturated rings. The minimum absolute atomic E-state index is 0.0463. The zero-order valence-corrected chi connectivity index (χ0v) is 56.0. The van der Waals surface area contributed by atoms with Gasteiger partial charge in [-0.3, -0.25) is 43.2 Å². The van der Waals surface area contributed by atoms with E-state index in [0.29, 0.717) is 50.9 Å². The molecule has 0 spiro atoms. The number of aromatic amines is 1. The normalized spacial score (nSPS) is 16.9. The summed E-state index contributed by atoms with van der Waals surface area (Å²) in [5, 5.41) is 11.9. The molecule has 2 aliphatic heterocycles. The van der Waals surface area contributed by atoms with E-state index >= 15 is 0 Å². The number of rotatable bonds is 31. The molecule has 2 aliphatic rings. The summed E-state index contributed by atoms with van der Waals surface area (Å²) in [5.74, 6) is -2.12. The third kappa shape index (κ3) is 57.2. The number of thioether (sulfide) groups is 1. The fourth-order valence-corrected chi connectivity index (χ4v) is 7.41. The van der Waals surface area contributed by atoms with Crippen molar-refractivity contribution in [1.82, 2.24) is 31.2 Å². The van der Waals surface area contributed by atoms with E-state index in [9.17, 15) is 43.2 Å². The van der Waals surface area contributed by atoms with Crippen LogP contribution in [-0.4, -0.2) is 196 Å². The van der Waals surface area contributed by atoms with Crippen molar-refractivity contribution in [3.8, 4) is 0 Å². The van der Waals surface area contributed by atoms with Crippen molar-refractivity contribution >= 4 is 64.9 Å². The van der Waals surface area contributed by atoms with Gasteiger partial charge < -0.3 is 127 Å². The van der Waals surface area contributed by atoms with Gasteiger partial charge in [0.1, 0.15) is 0 Å². The maximum absolute atomic E-state index is 10.6. The standard InChI is InChI=1S/C9H12N2O.C8H19N3O2.C7H17N3O.C6H10N4O.C6H12N2O2.C6H14N2O.C5H12N2OS.C5H10N2O.C5H12N2O/c10-8(9(11)12)6-7-4-2-1-3-5-7;1-11-5-6(13-2)3-4-7(9)8(10)12;1-10-5-3-2-4-6(8)7(9)11;7-5(6(8)11)1-4-2-9-3-10-4;1-10-4-2-5(6(7)9)8-3-4;1-4(2)3-5(7)6(8)9;1-9-3-2-4(6)5(7)8;6-5(8)4-2-1-3-7-4;1-3(2)4(6)5(7)8/h1-5,8H,6,10H2,(H2,11,12);6-7,11H,3-5,9H2,1-2H3,(H2,10,12);6,10H,2-5,8H2,1H3,(H2,9,11);2-3,5H,1,7H2,(H2,8,11)(H,9,10);4-5,8H,2-3H2,1H3,(H2,7,9);4-5H,3,7H2,1-2H3,(H2,8,9);4H,2-3,6H2,1H3,(H2,7,8);4,7H,1-3H2,(H2,6,8);3-4H,6H2,1-2H3,(H2,7,8). The van der Waals surface area contributed by atoms with Crippen LogP contribution in [-0.2, 0) is 65.5 Å². The predicted molar refractivity (Wildman–Crippen MR) is 358 cm³/mol. The number of nitrogens with zero attached hydrogens (tertiary/aromatic N) is 1. The van der Waals surface area contributed by atoms with Crippen molar-refractivity contribution < 1.29 is 52.6 Å². The Morgan fingerprint density at radius 3 is 1.45 bits per heavy atom. The second-order valence-corrected chi connectivity index (χ2v) is 22.7. The summed E-state index contributed by atoms with van der Waals surface area (Å²) in [6, 6.07) is 5.68. The first-order chi connectivity index (χ1) is 42.5. The highest BCUT2D eigenvalue weighted by Crippen LogP contribution is 2.09. The maximum Gasteiger partial charge on any atom is 0.234 e. The lowest BCUT2D eigenvalue weighted by atomic mass is 10.0. The van der Waals surface area contributed by atoms with Crippen molar-refractivity contribution in [2.75, 3.05) is 66.5 Å². The Morgan fingerprint density at radius 1 is 0.615 bits per heavy atom. The van der Waals surface area contributed by atoms with E-state index in [-0.39, 0.29) is 42.0 Å². The Labute approximate surface area is 542 Å². The molecule has 11 unspecified atom stereocenters. The molecular weight excluding hydrogens is 1200 g/mol. The molecular formula is C57H118N22O11S. The molecule has 528 valence electrons. The molecule has 91 heavy (non-hydrogen) atoms. The van der Waals surface area contributed by atoms with Gasteiger partial charge >= 0.3 is 0 Å². The molecule has 4 rings (SSSR count). The molecule has 33 nitrogen and oxygen atoms in total. The van der Waals surface area contributed by atoms with Gasteiger partial charge in [0.25, 0.3) is 0 Å². The number of unbranched alkanes of at least 4 members (excludes halogenated alkanes) is 1. The number of aromatic nitrogens is 2. The van der Waals surface area contributed by atoms with Gasteiger partial charge in [0, 0.05) is 45.6 Å². The second kappa shape index (κ2) is 58.6. The number of carbonyl (C=O) groups excluding carboxylic acids is 9. The second-order valence-electron chi connectivity index (χ2n) is 21.7. The Kier molecular flexibility index (Phi) is 60.0. The van der Waals surface area contributed by atoms with E-state index in [1.54, 1.807) is 32.2 Å². The fourth-order valence-electron chi connectivity index (χ4n) is 6.92. The van der Waals surface area contributed by atoms with Crippen LogP contribution >= 0.6 is 11.8 Å². The molecule has 0 bridgehead atoms. The molecule has 1 aromatic heterocycles. The average molecular weight is 1320 g/mol. The zero-order chi connectivity index (χ0) is 71.2. The van der Waals surface area contributed by atoms with Crippen LogP contribution in [0.3, 0.4) is 0 Å². The maximum atomic E-state index is 10.6. The average Bonchev–Trinajstić information content (AvgIpc) is 3.54. The Hall–Kier alpha value is -6.51. The van der Waals surface area contributed by atoms with Crippen LogP contribution < -0.4 is 113 Å². The van der Waals surface area contributed by atoms with Crippen LogP contribution in [0.25, 0.3) is 0 Å². The molecule has 1 aromatic carbocycles. The number of likely N-dealkylation sites (N-methyl/N-ethyl adjacent to an activating group) is 1. The number of methoxy groups -OCH3 is 2. The van der Waals surface area contributed by atoms with Crippen LogP contribution in [0, 0.1) is 11.8 Å². The van der Waals surface area contributed by atoms with Crippen molar-refractivity contribution in [3.63, 3.8) is 0 Å². The summed E-state index contributed by atoms with van der Waals surface area (Å²) in [6.07, 6.45) is 14.3. The molecule has 11 atom stereocenters. The number of hydrogen-bond donors (Lipinski definition) is 21. The van der Waals surface area contributed by atoms with Crippen LogP contribution in [0.2, 0.25) is 0 Å². The van der Waals surface area contributed by atoms with Crippen LogP contribution in [0.5, 0.6) is 0 Å². The smallest absolute Gasteiger partial charge is 0.234 e. The largest absolute Gasteiger partial charge is 0.380 e. The quantitative estimate of drug-likeness (QED) is 0.0312. The van der Waals surface area contributed by atoms with Crippen molar-refractivity contribution in [2.45, 2.75) is 171 Å². The summed E-state index contributed by atoms with van der Waals surface area (Å²) in [5.41, 5.74) is 84.2. The lowest BCUT2D eigenvalue weighted by molar-refractivity contribution is -0.120. The number of nitrogens with two attached hydrogens (primary N) is 16. The highest BCUT2D eigenvalue weighted by Gasteiger charge is 2.27. The van der Waals surface area contributed by atoms with Crippen LogP contribution in [0.1, 0.15) is 103 Å². The molecule has 2 saturated heterocycles. The molecule has 0 aliphatic carbocycles. The van der Waals surface area contributed by atoms with Crippen molar-refractivity contribution in [3.05, 3.63) is 54.1 Å². The first-order valence-electron chi connectivity index (χ1n) is 29.8. The molecule has 3 heterocycles. The summed E-state index contributed by atoms with van der Waals surface area (Å²) >= 11 is 1.66. The summed E-state index contributed by atoms with van der Waals surface area (Å²) in [4.78, 5) is 101. The minimum atomic E-state index is -0.629. The van der Waals surface area contributed by atoms with E-state index in [1.165, 1.54) is 6.33 Å². The Morgan fingerprint density at radius 2 is 1.12 bits per heavy atom. The van der Waals surface area contributed by atoms with Gasteiger partial charge in [-0.2, -0.15) is 11.8 Å². The van der Waals surface area contributed by atoms with E-state index < -0.39 is 83.6 Å². The summed E-state index contributed by atoms with van der Waals surface area (Å²) < 4.78 is 10.2. The molecule has 2 aromatic rings. The van der Waals surface area contributed by atoms with Gasteiger partial charge in [0.2, 0.25) is 53.2 Å². The molecule has 37 N–H and O–H groups in total. The topological polar surface area (TPSA) is 665 Å². The van der Waals surface area contributed by atoms with Crippen molar-refractivity contribution in [2.24, 2.45) is 104 Å². The number of imidazole rings is 1. The Balaban J connectivity index is -0.000000306. The fraction of sp³-hybridized carbons (Fsp3) is 0.684. The van der Waals surface area contributed by atoms with Gasteiger partial charge in [0.15, 0.2) is 0 Å². The van der Waals surface area contributed by atoms with E-state index in [4.69, 9.17) is 101 Å². The van der Waals surface area contributed by atoms with E-state index in [0.717, 1.165) is 75.3 Å². The van der Waals surface area contributed by atoms with Crippen molar-refractivity contribution in [1.29, 1.82) is 0 Å². The van der Waals surface area contributed by atoms with Gasteiger partial charge in [-0.25, -0.2) is 4.98 Å². The first kappa shape index (κ1) is 93.2. The highest BCUT2D eigenvalue weighted by molar-refractivity contribution is 7.98. The molecule has 0 radical (unpaired) electrons. The van der Waals surface area contributed by atoms with Gasteiger partial charge in [-0.15, -0.1) is 0 Å². The molecule has 9 amide bonds. The lowest BCUT2D eigenvalue weighted by Gasteiger charge is -2.15. The van der Waals surface area contributed by atoms with E-state index in [1.807, 2.05) is 78.4 Å². The number of ether oxygens (including phenoxy) is 2. The molecule has 0 saturated carbocycles. The predicted octanol–water partition coefficient (Wildman–Crippen LogP) is -6.27. The third-order valence-electron chi connectivity index (χ3n) is 12.8. The Bertz CT molecular complexity index is 2210. The van der Waals surface area contributed by atoms with Crippen LogP contribution in [0.15, 0.2) is 42.9 Å². The van der Waals surface area contributed by atoms with Gasteiger partial charge in [-0.05, 0) is 121 Å². The zero-order valence-electron chi connectivity index (χ0n) is 55.2. The number of amides is 9. The third-order valence-corrected chi connectivity index (χ3v) is 13.5. The summed E-state index contributed by atoms with van der Waals surface area (Å²) in [7, 11) is 7.02. The number of carbonyl (C=O) groups is 9. The number of benzene rings is 1. The first-order valence-corrected chi connectivity index (χ1v) is 31.1. The molecule has 34 heteroatoms. The lowest BCUT2D eigenvalue weighted by Crippen LogP contribution is -2.40. The minimum Gasteiger partial charge on any atom is -0.380 e. The highest BCUT2D eigenvalue weighted by atomic mass is 32.2. The number of hydrogen-bond acceptors (Lipinski definition) is 24. The van der Waals surface area contributed by atoms with Crippen LogP contribution in [0.4, 0.5) is 0 Å². The van der Waals surface area contributed by atoms with Gasteiger partial charge in [-0.1, -0.05) is 64.4 Å². The number of H-pyrrole nitrogens is 1. The summed E-state index contributed by atoms with van der Waals surface area (Å²) in [6.45, 7) is 11.1. The van der Waals surface area contributed by atoms with E-state index in [2.05, 4.69) is 31.2 Å². The monoisotopic (exact) mass is 1320 g/mol. The van der Waals surface area contributed by atoms with Gasteiger partial charge in [0.05, 0.1) is 72.9 Å².